The number of aromatic amines is 1. The van der Waals surface area contributed by atoms with Crippen LogP contribution in [0.25, 0.3) is 5.69 Å². The van der Waals surface area contributed by atoms with Gasteiger partial charge in [0.15, 0.2) is 5.78 Å². The Labute approximate surface area is 178 Å². The van der Waals surface area contributed by atoms with Gasteiger partial charge in [0.1, 0.15) is 5.82 Å². The lowest BCUT2D eigenvalue weighted by atomic mass is 9.77. The zero-order valence-electron chi connectivity index (χ0n) is 17.0. The summed E-state index contributed by atoms with van der Waals surface area (Å²) in [7, 11) is 1.33. The Morgan fingerprint density at radius 1 is 1.03 bits per heavy atom. The molecule has 2 heterocycles. The molecule has 7 heteroatoms. The molecule has 2 N–H and O–H groups in total. The number of nitrogens with one attached hydrogen (secondary N) is 2. The first-order chi connectivity index (χ1) is 15.1. The van der Waals surface area contributed by atoms with Crippen molar-refractivity contribution in [1.29, 1.82) is 0 Å². The second-order valence-electron chi connectivity index (χ2n) is 7.72. The summed E-state index contributed by atoms with van der Waals surface area (Å²) in [6.07, 6.45) is 1.98. The second-order valence-corrected chi connectivity index (χ2v) is 7.72. The fraction of sp³-hybridized carbons (Fsp3) is 0.208. The molecule has 7 nitrogen and oxygen atoms in total. The molecule has 2 aliphatic rings. The van der Waals surface area contributed by atoms with E-state index in [1.54, 1.807) is 24.3 Å². The molecule has 1 aromatic heterocycles. The highest BCUT2D eigenvalue weighted by molar-refractivity contribution is 6.01. The molecule has 0 amide bonds. The highest BCUT2D eigenvalue weighted by Crippen LogP contribution is 2.43. The molecule has 3 aromatic rings. The van der Waals surface area contributed by atoms with Gasteiger partial charge in [-0.1, -0.05) is 30.3 Å². The van der Waals surface area contributed by atoms with Crippen molar-refractivity contribution in [1.82, 2.24) is 9.78 Å². The highest BCUT2D eigenvalue weighted by atomic mass is 16.5. The Morgan fingerprint density at radius 2 is 1.77 bits per heavy atom. The van der Waals surface area contributed by atoms with Crippen LogP contribution in [-0.4, -0.2) is 28.6 Å². The number of benzene rings is 2. The Morgan fingerprint density at radius 3 is 2.48 bits per heavy atom. The van der Waals surface area contributed by atoms with Crippen molar-refractivity contribution >= 4 is 17.6 Å². The first-order valence-electron chi connectivity index (χ1n) is 10.2. The van der Waals surface area contributed by atoms with Crippen molar-refractivity contribution in [2.75, 3.05) is 12.4 Å². The number of aromatic nitrogens is 2. The maximum Gasteiger partial charge on any atom is 0.337 e. The molecule has 0 bridgehead atoms. The molecule has 1 aliphatic heterocycles. The van der Waals surface area contributed by atoms with Gasteiger partial charge in [-0.2, -0.15) is 0 Å². The Kier molecular flexibility index (Phi) is 4.58. The first kappa shape index (κ1) is 19.1. The molecule has 156 valence electrons. The predicted octanol–water partition coefficient (Wildman–Crippen LogP) is 3.52. The van der Waals surface area contributed by atoms with Crippen LogP contribution in [0.4, 0.5) is 5.82 Å². The molecule has 1 unspecified atom stereocenters. The van der Waals surface area contributed by atoms with E-state index in [1.165, 1.54) is 11.8 Å². The topological polar surface area (TPSA) is 93.2 Å². The predicted molar refractivity (Wildman–Crippen MR) is 116 cm³/mol. The quantitative estimate of drug-likeness (QED) is 0.639. The molecule has 5 rings (SSSR count). The molecular weight excluding hydrogens is 394 g/mol. The van der Waals surface area contributed by atoms with Gasteiger partial charge in [0.05, 0.1) is 23.9 Å². The number of H-pyrrole nitrogens is 1. The number of allylic oxidation sites excluding steroid dienone is 2. The maximum absolute atomic E-state index is 13.5. The molecule has 0 saturated carbocycles. The number of hydrogen-bond acceptors (Lipinski definition) is 5. The normalized spacial score (nSPS) is 17.6. The number of carbonyl (C=O) groups excluding carboxylic acids is 2. The van der Waals surface area contributed by atoms with Crippen molar-refractivity contribution in [2.45, 2.75) is 25.2 Å². The van der Waals surface area contributed by atoms with Crippen LogP contribution in [0.1, 0.15) is 46.7 Å². The summed E-state index contributed by atoms with van der Waals surface area (Å²) in [5, 5.41) is 6.49. The van der Waals surface area contributed by atoms with E-state index < -0.39 is 11.9 Å². The minimum atomic E-state index is -0.501. The van der Waals surface area contributed by atoms with Crippen molar-refractivity contribution in [2.24, 2.45) is 0 Å². The van der Waals surface area contributed by atoms with Crippen LogP contribution in [-0.2, 0) is 9.53 Å². The monoisotopic (exact) mass is 415 g/mol. The van der Waals surface area contributed by atoms with Crippen LogP contribution in [0.15, 0.2) is 70.7 Å². The second kappa shape index (κ2) is 7.43. The number of nitrogens with zero attached hydrogens (tertiary/aromatic N) is 1. The molecule has 0 radical (unpaired) electrons. The minimum Gasteiger partial charge on any atom is -0.465 e. The van der Waals surface area contributed by atoms with E-state index >= 15 is 0 Å². The molecule has 1 atom stereocenters. The third kappa shape index (κ3) is 3.09. The first-order valence-corrected chi connectivity index (χ1v) is 10.2. The number of esters is 1. The maximum atomic E-state index is 13.5. The van der Waals surface area contributed by atoms with Crippen LogP contribution in [0.5, 0.6) is 0 Å². The standard InChI is InChI=1S/C24H21N3O4/c1-31-24(30)15-12-10-14(11-13-15)19-20-17(8-5-9-18(20)28)25-22-21(19)23(29)27(26-22)16-6-3-2-4-7-16/h2-4,6-7,10-13,19,25-26H,5,8-9H2,1H3. The van der Waals surface area contributed by atoms with E-state index in [1.807, 2.05) is 30.3 Å². The van der Waals surface area contributed by atoms with Crippen LogP contribution >= 0.6 is 0 Å². The van der Waals surface area contributed by atoms with Gasteiger partial charge in [0.25, 0.3) is 5.56 Å². The zero-order chi connectivity index (χ0) is 21.5. The number of methoxy groups -OCH3 is 1. The summed E-state index contributed by atoms with van der Waals surface area (Å²) in [6.45, 7) is 0. The van der Waals surface area contributed by atoms with Crippen molar-refractivity contribution in [3.63, 3.8) is 0 Å². The molecular formula is C24H21N3O4. The summed E-state index contributed by atoms with van der Waals surface area (Å²) in [6, 6.07) is 16.2. The molecule has 0 spiro atoms. The molecule has 2 aromatic carbocycles. The Balaban J connectivity index is 1.69. The molecule has 31 heavy (non-hydrogen) atoms. The van der Waals surface area contributed by atoms with Gasteiger partial charge in [-0.25, -0.2) is 9.48 Å². The zero-order valence-corrected chi connectivity index (χ0v) is 17.0. The number of Topliss-reactive ketones (excluding diaryl/α,β-unsaturated/α-hetero) is 1. The fourth-order valence-electron chi connectivity index (χ4n) is 4.46. The third-order valence-corrected chi connectivity index (χ3v) is 5.92. The van der Waals surface area contributed by atoms with Crippen LogP contribution in [0, 0.1) is 0 Å². The summed E-state index contributed by atoms with van der Waals surface area (Å²) in [5.74, 6) is -0.281. The SMILES string of the molecule is COC(=O)c1ccc(C2C3=C(CCCC3=O)Nc3[nH]n(-c4ccccc4)c(=O)c32)cc1. The number of carbonyl (C=O) groups is 2. The number of hydrogen-bond donors (Lipinski definition) is 2. The summed E-state index contributed by atoms with van der Waals surface area (Å²) < 4.78 is 6.28. The largest absolute Gasteiger partial charge is 0.465 e. The average Bonchev–Trinajstić information content (AvgIpc) is 3.14. The summed E-state index contributed by atoms with van der Waals surface area (Å²) in [4.78, 5) is 38.3. The van der Waals surface area contributed by atoms with E-state index in [0.717, 1.165) is 24.1 Å². The number of anilines is 1. The van der Waals surface area contributed by atoms with Gasteiger partial charge in [0.2, 0.25) is 0 Å². The van der Waals surface area contributed by atoms with Gasteiger partial charge in [-0.15, -0.1) is 0 Å². The minimum absolute atomic E-state index is 0.0494. The van der Waals surface area contributed by atoms with Gasteiger partial charge >= 0.3 is 5.97 Å². The summed E-state index contributed by atoms with van der Waals surface area (Å²) >= 11 is 0. The average molecular weight is 415 g/mol. The lowest BCUT2D eigenvalue weighted by Crippen LogP contribution is -2.29. The van der Waals surface area contributed by atoms with Crippen molar-refractivity contribution in [3.8, 4) is 5.69 Å². The van der Waals surface area contributed by atoms with Gasteiger partial charge in [-0.3, -0.25) is 14.7 Å². The third-order valence-electron chi connectivity index (χ3n) is 5.92. The van der Waals surface area contributed by atoms with E-state index in [-0.39, 0.29) is 11.3 Å². The Hall–Kier alpha value is -3.87. The number of para-hydroxylation sites is 1. The molecule has 0 fully saturated rings. The van der Waals surface area contributed by atoms with Gasteiger partial charge < -0.3 is 10.1 Å². The number of ether oxygens (including phenoxy) is 1. The van der Waals surface area contributed by atoms with Crippen molar-refractivity contribution in [3.05, 3.63) is 92.9 Å². The molecule has 1 aliphatic carbocycles. The Bertz CT molecular complexity index is 1270. The van der Waals surface area contributed by atoms with Gasteiger partial charge in [-0.05, 0) is 42.7 Å². The van der Waals surface area contributed by atoms with E-state index in [4.69, 9.17) is 4.74 Å². The van der Waals surface area contributed by atoms with Crippen LogP contribution < -0.4 is 10.9 Å². The number of ketones is 1. The van der Waals surface area contributed by atoms with E-state index in [0.29, 0.717) is 34.6 Å². The van der Waals surface area contributed by atoms with Crippen LogP contribution in [0.2, 0.25) is 0 Å². The van der Waals surface area contributed by atoms with Crippen LogP contribution in [0.3, 0.4) is 0 Å². The number of rotatable bonds is 3. The number of fused-ring (bicyclic) bond motifs is 1. The fourth-order valence-corrected chi connectivity index (χ4v) is 4.46. The lowest BCUT2D eigenvalue weighted by Gasteiger charge is -2.31. The van der Waals surface area contributed by atoms with E-state index in [2.05, 4.69) is 10.4 Å². The van der Waals surface area contributed by atoms with Gasteiger partial charge in [0, 0.05) is 23.6 Å². The molecule has 0 saturated heterocycles. The van der Waals surface area contributed by atoms with Crippen molar-refractivity contribution < 1.29 is 14.3 Å². The van der Waals surface area contributed by atoms with E-state index in [9.17, 15) is 14.4 Å². The summed E-state index contributed by atoms with van der Waals surface area (Å²) in [5.41, 5.74) is 3.71. The smallest absolute Gasteiger partial charge is 0.337 e. The highest BCUT2D eigenvalue weighted by Gasteiger charge is 2.38. The lowest BCUT2D eigenvalue weighted by molar-refractivity contribution is -0.116.